The first kappa shape index (κ1) is 21.9. The highest BCUT2D eigenvalue weighted by molar-refractivity contribution is 6.13. The molecule has 1 saturated heterocycles. The van der Waals surface area contributed by atoms with Crippen LogP contribution in [0.3, 0.4) is 0 Å². The molecule has 7 heteroatoms. The Morgan fingerprint density at radius 2 is 1.74 bits per heavy atom. The molecule has 0 aliphatic carbocycles. The molecule has 4 aromatic rings. The first-order valence-electron chi connectivity index (χ1n) is 11.4. The van der Waals surface area contributed by atoms with Gasteiger partial charge >= 0.3 is 0 Å². The molecule has 7 nitrogen and oxygen atoms in total. The molecule has 3 N–H and O–H groups in total. The van der Waals surface area contributed by atoms with Crippen molar-refractivity contribution in [2.24, 2.45) is 0 Å². The van der Waals surface area contributed by atoms with Gasteiger partial charge in [0, 0.05) is 37.9 Å². The Kier molecular flexibility index (Phi) is 5.86. The van der Waals surface area contributed by atoms with E-state index in [2.05, 4.69) is 52.5 Å². The molecule has 0 unspecified atom stereocenters. The van der Waals surface area contributed by atoms with E-state index in [0.717, 1.165) is 35.5 Å². The molecule has 0 spiro atoms. The zero-order chi connectivity index (χ0) is 23.7. The minimum atomic E-state index is -0.0422. The van der Waals surface area contributed by atoms with E-state index in [1.807, 2.05) is 17.1 Å². The van der Waals surface area contributed by atoms with Crippen molar-refractivity contribution >= 4 is 29.1 Å². The Labute approximate surface area is 198 Å². The molecule has 34 heavy (non-hydrogen) atoms. The molecular weight excluding hydrogens is 426 g/mol. The summed E-state index contributed by atoms with van der Waals surface area (Å²) in [5.74, 6) is 0.132. The van der Waals surface area contributed by atoms with Crippen molar-refractivity contribution in [1.29, 1.82) is 0 Å². The number of nitrogens with one attached hydrogen (secondary N) is 2. The van der Waals surface area contributed by atoms with Gasteiger partial charge in [-0.05, 0) is 43.2 Å². The maximum Gasteiger partial charge on any atom is 0.255 e. The summed E-state index contributed by atoms with van der Waals surface area (Å²) in [5.41, 5.74) is 6.82. The second kappa shape index (κ2) is 9.11. The summed E-state index contributed by atoms with van der Waals surface area (Å²) in [6.07, 6.45) is 5.68. The van der Waals surface area contributed by atoms with Crippen molar-refractivity contribution in [2.75, 3.05) is 26.2 Å². The van der Waals surface area contributed by atoms with Crippen LogP contribution in [0.1, 0.15) is 32.7 Å². The number of piperazine rings is 1. The highest BCUT2D eigenvalue weighted by atomic mass is 16.3. The van der Waals surface area contributed by atoms with Gasteiger partial charge in [-0.25, -0.2) is 4.98 Å². The largest absolute Gasteiger partial charge is 0.508 e. The lowest BCUT2D eigenvalue weighted by Gasteiger charge is -2.28. The number of pyridine rings is 1. The van der Waals surface area contributed by atoms with E-state index in [9.17, 15) is 9.90 Å². The number of aromatic amines is 1. The lowest BCUT2D eigenvalue weighted by Crippen LogP contribution is -2.46. The van der Waals surface area contributed by atoms with E-state index in [-0.39, 0.29) is 11.7 Å². The number of aryl methyl sites for hydroxylation is 2. The van der Waals surface area contributed by atoms with Crippen molar-refractivity contribution in [2.45, 2.75) is 13.8 Å². The molecule has 0 saturated carbocycles. The predicted octanol–water partition coefficient (Wildman–Crippen LogP) is 4.16. The fourth-order valence-corrected chi connectivity index (χ4v) is 4.52. The lowest BCUT2D eigenvalue weighted by atomic mass is 9.96. The highest BCUT2D eigenvalue weighted by Gasteiger charge is 2.26. The SMILES string of the molecule is Cc1cc(C)cc(/C=C/c2[nH]nc3ncc(-c4ccc(O)cc4)c(C(=O)N4CCNCC4)c23)c1. The van der Waals surface area contributed by atoms with E-state index >= 15 is 0 Å². The summed E-state index contributed by atoms with van der Waals surface area (Å²) in [6.45, 7) is 6.97. The molecule has 2 aromatic carbocycles. The van der Waals surface area contributed by atoms with Gasteiger partial charge < -0.3 is 15.3 Å². The quantitative estimate of drug-likeness (QED) is 0.431. The maximum atomic E-state index is 13.8. The van der Waals surface area contributed by atoms with E-state index in [1.54, 1.807) is 30.5 Å². The van der Waals surface area contributed by atoms with Crippen LogP contribution >= 0.6 is 0 Å². The molecule has 0 radical (unpaired) electrons. The number of phenols is 1. The van der Waals surface area contributed by atoms with Gasteiger partial charge in [-0.2, -0.15) is 5.10 Å². The molecular formula is C27H27N5O2. The molecule has 1 amide bonds. The van der Waals surface area contributed by atoms with E-state index in [4.69, 9.17) is 0 Å². The van der Waals surface area contributed by atoms with Crippen molar-refractivity contribution in [1.82, 2.24) is 25.4 Å². The van der Waals surface area contributed by atoms with Crippen LogP contribution in [0.4, 0.5) is 0 Å². The number of aromatic hydroxyl groups is 1. The third-order valence-corrected chi connectivity index (χ3v) is 6.09. The van der Waals surface area contributed by atoms with Gasteiger partial charge in [-0.15, -0.1) is 0 Å². The average Bonchev–Trinajstić information content (AvgIpc) is 3.25. The predicted molar refractivity (Wildman–Crippen MR) is 135 cm³/mol. The molecule has 172 valence electrons. The van der Waals surface area contributed by atoms with Gasteiger partial charge in [0.15, 0.2) is 5.65 Å². The number of fused-ring (bicyclic) bond motifs is 1. The zero-order valence-electron chi connectivity index (χ0n) is 19.3. The Morgan fingerprint density at radius 1 is 1.03 bits per heavy atom. The van der Waals surface area contributed by atoms with E-state index in [1.165, 1.54) is 11.1 Å². The van der Waals surface area contributed by atoms with Crippen LogP contribution in [0.5, 0.6) is 5.75 Å². The summed E-state index contributed by atoms with van der Waals surface area (Å²) < 4.78 is 0. The Morgan fingerprint density at radius 3 is 2.44 bits per heavy atom. The highest BCUT2D eigenvalue weighted by Crippen LogP contribution is 2.33. The number of rotatable bonds is 4. The van der Waals surface area contributed by atoms with Gasteiger partial charge in [0.1, 0.15) is 5.75 Å². The number of nitrogens with zero attached hydrogens (tertiary/aromatic N) is 3. The van der Waals surface area contributed by atoms with Crippen molar-refractivity contribution in [3.05, 3.63) is 76.6 Å². The third-order valence-electron chi connectivity index (χ3n) is 6.09. The van der Waals surface area contributed by atoms with Gasteiger partial charge in [-0.1, -0.05) is 47.5 Å². The first-order valence-corrected chi connectivity index (χ1v) is 11.4. The second-order valence-electron chi connectivity index (χ2n) is 8.73. The topological polar surface area (TPSA) is 94.1 Å². The Balaban J connectivity index is 1.67. The molecule has 5 rings (SSSR count). The number of carbonyl (C=O) groups excluding carboxylic acids is 1. The summed E-state index contributed by atoms with van der Waals surface area (Å²) in [4.78, 5) is 20.3. The number of phenolic OH excluding ortho intramolecular Hbond substituents is 1. The van der Waals surface area contributed by atoms with Gasteiger partial charge in [0.2, 0.25) is 0 Å². The van der Waals surface area contributed by atoms with Crippen molar-refractivity contribution in [3.63, 3.8) is 0 Å². The molecule has 1 fully saturated rings. The molecule has 1 aliphatic heterocycles. The normalized spacial score (nSPS) is 14.2. The van der Waals surface area contributed by atoms with Crippen LogP contribution < -0.4 is 5.32 Å². The summed E-state index contributed by atoms with van der Waals surface area (Å²) in [7, 11) is 0. The first-order chi connectivity index (χ1) is 16.5. The molecule has 0 bridgehead atoms. The summed E-state index contributed by atoms with van der Waals surface area (Å²) >= 11 is 0. The number of hydrogen-bond acceptors (Lipinski definition) is 5. The third kappa shape index (κ3) is 4.30. The van der Waals surface area contributed by atoms with Gasteiger partial charge in [0.05, 0.1) is 16.6 Å². The van der Waals surface area contributed by atoms with Crippen molar-refractivity contribution < 1.29 is 9.90 Å². The lowest BCUT2D eigenvalue weighted by molar-refractivity contribution is 0.0738. The van der Waals surface area contributed by atoms with E-state index in [0.29, 0.717) is 29.7 Å². The minimum Gasteiger partial charge on any atom is -0.508 e. The summed E-state index contributed by atoms with van der Waals surface area (Å²) in [5, 5.41) is 21.2. The zero-order valence-corrected chi connectivity index (χ0v) is 19.3. The number of aromatic nitrogens is 3. The fourth-order valence-electron chi connectivity index (χ4n) is 4.52. The van der Waals surface area contributed by atoms with E-state index < -0.39 is 0 Å². The Bertz CT molecular complexity index is 1360. The van der Waals surface area contributed by atoms with Gasteiger partial charge in [-0.3, -0.25) is 9.89 Å². The number of H-pyrrole nitrogens is 1. The van der Waals surface area contributed by atoms with Crippen molar-refractivity contribution in [3.8, 4) is 16.9 Å². The molecule has 1 aliphatic rings. The van der Waals surface area contributed by atoms with Crippen LogP contribution in [0.25, 0.3) is 34.3 Å². The molecule has 0 atom stereocenters. The number of carbonyl (C=O) groups is 1. The molecule has 3 heterocycles. The second-order valence-corrected chi connectivity index (χ2v) is 8.73. The smallest absolute Gasteiger partial charge is 0.255 e. The molecule has 2 aromatic heterocycles. The number of benzene rings is 2. The monoisotopic (exact) mass is 453 g/mol. The average molecular weight is 454 g/mol. The van der Waals surface area contributed by atoms with Gasteiger partial charge in [0.25, 0.3) is 5.91 Å². The standard InChI is InChI=1S/C27H27N5O2/c1-17-13-18(2)15-19(14-17)3-8-23-25-24(27(34)32-11-9-28-10-12-32)22(16-29-26(25)31-30-23)20-4-6-21(33)7-5-20/h3-8,13-16,28,33H,9-12H2,1-2H3,(H,29,30,31)/b8-3+. The van der Waals surface area contributed by atoms with Crippen LogP contribution in [0.15, 0.2) is 48.7 Å². The maximum absolute atomic E-state index is 13.8. The Hall–Kier alpha value is -3.97. The fraction of sp³-hybridized carbons (Fsp3) is 0.222. The van der Waals surface area contributed by atoms with Crippen LogP contribution in [-0.2, 0) is 0 Å². The van der Waals surface area contributed by atoms with Crippen LogP contribution in [0.2, 0.25) is 0 Å². The van der Waals surface area contributed by atoms with Crippen LogP contribution in [0, 0.1) is 13.8 Å². The minimum absolute atomic E-state index is 0.0422. The summed E-state index contributed by atoms with van der Waals surface area (Å²) in [6, 6.07) is 13.2. The number of hydrogen-bond donors (Lipinski definition) is 3. The van der Waals surface area contributed by atoms with Crippen LogP contribution in [-0.4, -0.2) is 57.3 Å². The number of amides is 1.